The first-order chi connectivity index (χ1) is 13.7. The predicted molar refractivity (Wildman–Crippen MR) is 114 cm³/mol. The minimum atomic E-state index is -0.354. The largest absolute Gasteiger partial charge is 0.497 e. The van der Waals surface area contributed by atoms with E-state index in [0.29, 0.717) is 23.6 Å². The van der Waals surface area contributed by atoms with Crippen LogP contribution in [-0.2, 0) is 15.0 Å². The normalized spacial score (nSPS) is 18.0. The molecule has 1 fully saturated rings. The lowest BCUT2D eigenvalue weighted by Gasteiger charge is -2.23. The van der Waals surface area contributed by atoms with Crippen molar-refractivity contribution in [3.05, 3.63) is 48.0 Å². The first kappa shape index (κ1) is 20.7. The zero-order chi connectivity index (χ0) is 21.2. The van der Waals surface area contributed by atoms with Crippen LogP contribution >= 0.6 is 0 Å². The quantitative estimate of drug-likeness (QED) is 0.767. The first-order valence-corrected chi connectivity index (χ1v) is 9.68. The van der Waals surface area contributed by atoms with Gasteiger partial charge in [0.05, 0.1) is 31.7 Å². The lowest BCUT2D eigenvalue weighted by molar-refractivity contribution is -0.122. The number of carbonyl (C=O) groups excluding carboxylic acids is 2. The van der Waals surface area contributed by atoms with E-state index in [-0.39, 0.29) is 29.1 Å². The van der Waals surface area contributed by atoms with E-state index in [1.165, 1.54) is 7.11 Å². The molecule has 0 spiro atoms. The molecule has 0 saturated heterocycles. The SMILES string of the molecule is COc1ccc(OC)c(NC(=O)C2CC2C(=O)Nc2ccccc2C(C)(C)C)c1. The van der Waals surface area contributed by atoms with Crippen molar-refractivity contribution in [3.8, 4) is 11.5 Å². The van der Waals surface area contributed by atoms with Crippen molar-refractivity contribution in [2.45, 2.75) is 32.6 Å². The summed E-state index contributed by atoms with van der Waals surface area (Å²) >= 11 is 0. The number of nitrogens with one attached hydrogen (secondary N) is 2. The Morgan fingerprint density at radius 1 is 0.897 bits per heavy atom. The molecule has 6 heteroatoms. The van der Waals surface area contributed by atoms with E-state index in [1.807, 2.05) is 24.3 Å². The van der Waals surface area contributed by atoms with Gasteiger partial charge in [0.1, 0.15) is 11.5 Å². The van der Waals surface area contributed by atoms with Gasteiger partial charge in [0.2, 0.25) is 11.8 Å². The second-order valence-electron chi connectivity index (χ2n) is 8.29. The van der Waals surface area contributed by atoms with Crippen molar-refractivity contribution in [1.29, 1.82) is 0 Å². The van der Waals surface area contributed by atoms with Crippen LogP contribution in [0.25, 0.3) is 0 Å². The Kier molecular flexibility index (Phi) is 5.82. The van der Waals surface area contributed by atoms with Gasteiger partial charge < -0.3 is 20.1 Å². The minimum Gasteiger partial charge on any atom is -0.497 e. The standard InChI is InChI=1S/C23H28N2O4/c1-23(2,3)17-8-6-7-9-18(17)24-21(26)15-13-16(15)22(27)25-19-12-14(28-4)10-11-20(19)29-5/h6-12,15-16H,13H2,1-5H3,(H,24,26)(H,25,27). The third kappa shape index (κ3) is 4.70. The molecule has 2 aromatic carbocycles. The van der Waals surface area contributed by atoms with Crippen LogP contribution in [0.3, 0.4) is 0 Å². The number of hydrogen-bond acceptors (Lipinski definition) is 4. The number of methoxy groups -OCH3 is 2. The molecular weight excluding hydrogens is 368 g/mol. The minimum absolute atomic E-state index is 0.0902. The molecule has 1 aliphatic carbocycles. The van der Waals surface area contributed by atoms with Gasteiger partial charge in [-0.15, -0.1) is 0 Å². The van der Waals surface area contributed by atoms with Crippen molar-refractivity contribution in [3.63, 3.8) is 0 Å². The Morgan fingerprint density at radius 2 is 1.52 bits per heavy atom. The Bertz CT molecular complexity index is 917. The number of hydrogen-bond donors (Lipinski definition) is 2. The molecule has 0 aromatic heterocycles. The van der Waals surface area contributed by atoms with Gasteiger partial charge in [-0.05, 0) is 35.6 Å². The lowest BCUT2D eigenvalue weighted by atomic mass is 9.86. The molecule has 0 bridgehead atoms. The lowest BCUT2D eigenvalue weighted by Crippen LogP contribution is -2.22. The highest BCUT2D eigenvalue weighted by Gasteiger charge is 2.48. The molecule has 0 aliphatic heterocycles. The van der Waals surface area contributed by atoms with Crippen LogP contribution in [0.2, 0.25) is 0 Å². The molecule has 2 amide bonds. The van der Waals surface area contributed by atoms with Gasteiger partial charge >= 0.3 is 0 Å². The summed E-state index contributed by atoms with van der Waals surface area (Å²) in [5.74, 6) is 0.150. The maximum absolute atomic E-state index is 12.7. The molecule has 6 nitrogen and oxygen atoms in total. The number of anilines is 2. The molecule has 2 aromatic rings. The van der Waals surface area contributed by atoms with Gasteiger partial charge in [0, 0.05) is 11.8 Å². The molecule has 29 heavy (non-hydrogen) atoms. The fourth-order valence-electron chi connectivity index (χ4n) is 3.38. The van der Waals surface area contributed by atoms with E-state index in [2.05, 4.69) is 31.4 Å². The van der Waals surface area contributed by atoms with Gasteiger partial charge in [0.25, 0.3) is 0 Å². The fourth-order valence-corrected chi connectivity index (χ4v) is 3.38. The summed E-state index contributed by atoms with van der Waals surface area (Å²) in [6.45, 7) is 6.31. The molecule has 1 aliphatic rings. The van der Waals surface area contributed by atoms with Gasteiger partial charge in [0.15, 0.2) is 0 Å². The van der Waals surface area contributed by atoms with Gasteiger partial charge in [-0.3, -0.25) is 9.59 Å². The highest BCUT2D eigenvalue weighted by molar-refractivity contribution is 6.04. The number of carbonyl (C=O) groups is 2. The maximum atomic E-state index is 12.7. The molecule has 2 unspecified atom stereocenters. The highest BCUT2D eigenvalue weighted by Crippen LogP contribution is 2.42. The van der Waals surface area contributed by atoms with Crippen LogP contribution in [-0.4, -0.2) is 26.0 Å². The zero-order valence-electron chi connectivity index (χ0n) is 17.5. The summed E-state index contributed by atoms with van der Waals surface area (Å²) in [7, 11) is 3.10. The Labute approximate surface area is 171 Å². The summed E-state index contributed by atoms with van der Waals surface area (Å²) in [5, 5.41) is 5.86. The summed E-state index contributed by atoms with van der Waals surface area (Å²) in [6, 6.07) is 13.0. The number of rotatable bonds is 6. The van der Waals surface area contributed by atoms with Crippen LogP contribution in [0.4, 0.5) is 11.4 Å². The number of ether oxygens (including phenoxy) is 2. The fraction of sp³-hybridized carbons (Fsp3) is 0.391. The number of amides is 2. The van der Waals surface area contributed by atoms with E-state index < -0.39 is 0 Å². The van der Waals surface area contributed by atoms with Gasteiger partial charge in [-0.1, -0.05) is 39.0 Å². The molecule has 0 radical (unpaired) electrons. The first-order valence-electron chi connectivity index (χ1n) is 9.68. The maximum Gasteiger partial charge on any atom is 0.228 e. The molecule has 1 saturated carbocycles. The van der Waals surface area contributed by atoms with E-state index in [1.54, 1.807) is 25.3 Å². The summed E-state index contributed by atoms with van der Waals surface area (Å²) in [4.78, 5) is 25.4. The van der Waals surface area contributed by atoms with Crippen molar-refractivity contribution < 1.29 is 19.1 Å². The number of benzene rings is 2. The average molecular weight is 396 g/mol. The van der Waals surface area contributed by atoms with Crippen molar-refractivity contribution in [2.75, 3.05) is 24.9 Å². The highest BCUT2D eigenvalue weighted by atomic mass is 16.5. The van der Waals surface area contributed by atoms with Crippen molar-refractivity contribution in [2.24, 2.45) is 11.8 Å². The van der Waals surface area contributed by atoms with E-state index in [4.69, 9.17) is 9.47 Å². The Morgan fingerprint density at radius 3 is 2.10 bits per heavy atom. The topological polar surface area (TPSA) is 76.7 Å². The Balaban J connectivity index is 1.66. The smallest absolute Gasteiger partial charge is 0.228 e. The van der Waals surface area contributed by atoms with E-state index >= 15 is 0 Å². The predicted octanol–water partition coefficient (Wildman–Crippen LogP) is 4.21. The van der Waals surface area contributed by atoms with Crippen LogP contribution in [0.5, 0.6) is 11.5 Å². The van der Waals surface area contributed by atoms with Crippen LogP contribution in [0.1, 0.15) is 32.8 Å². The molecule has 2 N–H and O–H groups in total. The second kappa shape index (κ2) is 8.15. The summed E-state index contributed by atoms with van der Waals surface area (Å²) in [5.41, 5.74) is 2.30. The molecule has 3 rings (SSSR count). The van der Waals surface area contributed by atoms with Crippen LogP contribution in [0, 0.1) is 11.8 Å². The van der Waals surface area contributed by atoms with Gasteiger partial charge in [-0.2, -0.15) is 0 Å². The van der Waals surface area contributed by atoms with Crippen molar-refractivity contribution in [1.82, 2.24) is 0 Å². The molecular formula is C23H28N2O4. The third-order valence-corrected chi connectivity index (χ3v) is 5.12. The van der Waals surface area contributed by atoms with Crippen molar-refractivity contribution >= 4 is 23.2 Å². The monoisotopic (exact) mass is 396 g/mol. The van der Waals surface area contributed by atoms with E-state index in [9.17, 15) is 9.59 Å². The average Bonchev–Trinajstić information content (AvgIpc) is 3.48. The van der Waals surface area contributed by atoms with E-state index in [0.717, 1.165) is 11.3 Å². The summed E-state index contributed by atoms with van der Waals surface area (Å²) in [6.07, 6.45) is 0.529. The second-order valence-corrected chi connectivity index (χ2v) is 8.29. The van der Waals surface area contributed by atoms with Crippen LogP contribution in [0.15, 0.2) is 42.5 Å². The number of para-hydroxylation sites is 1. The summed E-state index contributed by atoms with van der Waals surface area (Å²) < 4.78 is 10.5. The van der Waals surface area contributed by atoms with Gasteiger partial charge in [-0.25, -0.2) is 0 Å². The molecule has 2 atom stereocenters. The Hall–Kier alpha value is -3.02. The van der Waals surface area contributed by atoms with Crippen LogP contribution < -0.4 is 20.1 Å². The third-order valence-electron chi connectivity index (χ3n) is 5.12. The molecule has 154 valence electrons. The molecule has 0 heterocycles. The zero-order valence-corrected chi connectivity index (χ0v) is 17.5.